The van der Waals surface area contributed by atoms with Crippen LogP contribution in [0.3, 0.4) is 0 Å². The van der Waals surface area contributed by atoms with Gasteiger partial charge in [0.25, 0.3) is 5.91 Å². The molecule has 1 heterocycles. The van der Waals surface area contributed by atoms with Crippen molar-refractivity contribution in [2.75, 3.05) is 28.3 Å². The molecule has 0 aliphatic heterocycles. The van der Waals surface area contributed by atoms with Crippen molar-refractivity contribution in [1.82, 2.24) is 20.1 Å². The zero-order valence-electron chi connectivity index (χ0n) is 11.8. The second-order valence-corrected chi connectivity index (χ2v) is 4.31. The van der Waals surface area contributed by atoms with E-state index in [0.29, 0.717) is 22.9 Å². The summed E-state index contributed by atoms with van der Waals surface area (Å²) in [4.78, 5) is 17.4. The summed E-state index contributed by atoms with van der Waals surface area (Å²) in [6, 6.07) is 5.30. The number of hydrogen-bond donors (Lipinski definition) is 1. The zero-order valence-corrected chi connectivity index (χ0v) is 11.8. The van der Waals surface area contributed by atoms with E-state index >= 15 is 0 Å². The van der Waals surface area contributed by atoms with Gasteiger partial charge < -0.3 is 14.4 Å². The van der Waals surface area contributed by atoms with Gasteiger partial charge in [0.1, 0.15) is 11.5 Å². The third kappa shape index (κ3) is 2.71. The Bertz CT molecular complexity index is 600. The molecule has 0 spiro atoms. The number of aromatic nitrogens is 3. The third-order valence-electron chi connectivity index (χ3n) is 2.70. The molecule has 7 nitrogen and oxygen atoms in total. The van der Waals surface area contributed by atoms with E-state index in [1.54, 1.807) is 46.5 Å². The van der Waals surface area contributed by atoms with Crippen LogP contribution in [-0.2, 0) is 0 Å². The zero-order chi connectivity index (χ0) is 14.7. The quantitative estimate of drug-likeness (QED) is 0.907. The summed E-state index contributed by atoms with van der Waals surface area (Å²) < 4.78 is 10.4. The van der Waals surface area contributed by atoms with E-state index in [-0.39, 0.29) is 11.7 Å². The van der Waals surface area contributed by atoms with Crippen molar-refractivity contribution < 1.29 is 14.3 Å². The van der Waals surface area contributed by atoms with Gasteiger partial charge in [-0.3, -0.25) is 9.89 Å². The lowest BCUT2D eigenvalue weighted by Gasteiger charge is -2.06. The minimum Gasteiger partial charge on any atom is -0.497 e. The maximum Gasteiger partial charge on any atom is 0.290 e. The molecule has 7 heteroatoms. The monoisotopic (exact) mass is 276 g/mol. The molecule has 2 rings (SSSR count). The normalized spacial score (nSPS) is 10.2. The molecule has 1 N–H and O–H groups in total. The number of hydrogen-bond acceptors (Lipinski definition) is 5. The molecule has 0 aliphatic carbocycles. The van der Waals surface area contributed by atoms with Crippen molar-refractivity contribution in [3.63, 3.8) is 0 Å². The van der Waals surface area contributed by atoms with E-state index in [4.69, 9.17) is 9.47 Å². The molecule has 0 fully saturated rings. The minimum atomic E-state index is -0.237. The average molecular weight is 276 g/mol. The van der Waals surface area contributed by atoms with E-state index in [9.17, 15) is 4.79 Å². The second-order valence-electron chi connectivity index (χ2n) is 4.31. The van der Waals surface area contributed by atoms with Gasteiger partial charge >= 0.3 is 0 Å². The number of aromatic amines is 1. The molecule has 0 radical (unpaired) electrons. The van der Waals surface area contributed by atoms with Crippen LogP contribution in [0.1, 0.15) is 10.6 Å². The number of amides is 1. The molecule has 106 valence electrons. The molecular weight excluding hydrogens is 260 g/mol. The number of H-pyrrole nitrogens is 1. The molecule has 20 heavy (non-hydrogen) atoms. The molecule has 1 amide bonds. The Morgan fingerprint density at radius 2 is 1.75 bits per heavy atom. The molecule has 0 aliphatic rings. The maximum absolute atomic E-state index is 11.8. The molecule has 0 unspecified atom stereocenters. The van der Waals surface area contributed by atoms with Crippen LogP contribution < -0.4 is 9.47 Å². The summed E-state index contributed by atoms with van der Waals surface area (Å²) in [6.45, 7) is 0. The van der Waals surface area contributed by atoms with Gasteiger partial charge in [-0.2, -0.15) is 5.10 Å². The lowest BCUT2D eigenvalue weighted by Crippen LogP contribution is -2.22. The van der Waals surface area contributed by atoms with Crippen LogP contribution in [0.15, 0.2) is 18.2 Å². The van der Waals surface area contributed by atoms with Gasteiger partial charge in [0.05, 0.1) is 14.2 Å². The fourth-order valence-corrected chi connectivity index (χ4v) is 1.63. The molecule has 0 atom stereocenters. The Balaban J connectivity index is 2.39. The standard InChI is InChI=1S/C13H16N4O3/c1-17(2)13(18)12-14-11(15-16-12)8-5-9(19-3)7-10(6-8)20-4/h5-7H,1-4H3,(H,14,15,16). The highest BCUT2D eigenvalue weighted by Crippen LogP contribution is 2.27. The van der Waals surface area contributed by atoms with E-state index in [2.05, 4.69) is 15.2 Å². The largest absolute Gasteiger partial charge is 0.497 e. The van der Waals surface area contributed by atoms with E-state index < -0.39 is 0 Å². The Hall–Kier alpha value is -2.57. The van der Waals surface area contributed by atoms with Crippen LogP contribution >= 0.6 is 0 Å². The van der Waals surface area contributed by atoms with Crippen LogP contribution in [0.4, 0.5) is 0 Å². The first kappa shape index (κ1) is 13.9. The maximum atomic E-state index is 11.8. The highest BCUT2D eigenvalue weighted by Gasteiger charge is 2.15. The first-order valence-electron chi connectivity index (χ1n) is 5.92. The molecule has 1 aromatic carbocycles. The number of ether oxygens (including phenoxy) is 2. The van der Waals surface area contributed by atoms with Crippen molar-refractivity contribution in [3.8, 4) is 22.9 Å². The minimum absolute atomic E-state index is 0.187. The van der Waals surface area contributed by atoms with Crippen molar-refractivity contribution in [1.29, 1.82) is 0 Å². The predicted octanol–water partition coefficient (Wildman–Crippen LogP) is 1.19. The van der Waals surface area contributed by atoms with Gasteiger partial charge in [-0.1, -0.05) is 0 Å². The van der Waals surface area contributed by atoms with Gasteiger partial charge in [0, 0.05) is 25.7 Å². The lowest BCUT2D eigenvalue weighted by atomic mass is 10.2. The van der Waals surface area contributed by atoms with Crippen LogP contribution in [0.25, 0.3) is 11.4 Å². The number of rotatable bonds is 4. The Labute approximate surface area is 116 Å². The molecule has 2 aromatic rings. The van der Waals surface area contributed by atoms with Crippen LogP contribution in [0.2, 0.25) is 0 Å². The van der Waals surface area contributed by atoms with Gasteiger partial charge in [0.2, 0.25) is 5.82 Å². The van der Waals surface area contributed by atoms with Gasteiger partial charge in [-0.05, 0) is 12.1 Å². The predicted molar refractivity (Wildman–Crippen MR) is 72.9 cm³/mol. The van der Waals surface area contributed by atoms with Crippen molar-refractivity contribution in [2.24, 2.45) is 0 Å². The first-order valence-corrected chi connectivity index (χ1v) is 5.92. The molecular formula is C13H16N4O3. The number of carbonyl (C=O) groups is 1. The van der Waals surface area contributed by atoms with Gasteiger partial charge in [0.15, 0.2) is 5.82 Å². The smallest absolute Gasteiger partial charge is 0.290 e. The summed E-state index contributed by atoms with van der Waals surface area (Å²) in [5.74, 6) is 1.62. The molecule has 0 saturated heterocycles. The summed E-state index contributed by atoms with van der Waals surface area (Å²) >= 11 is 0. The van der Waals surface area contributed by atoms with Crippen LogP contribution in [0.5, 0.6) is 11.5 Å². The number of nitrogens with one attached hydrogen (secondary N) is 1. The number of methoxy groups -OCH3 is 2. The number of nitrogens with zero attached hydrogens (tertiary/aromatic N) is 3. The molecule has 0 bridgehead atoms. The average Bonchev–Trinajstić information content (AvgIpc) is 2.95. The SMILES string of the molecule is COc1cc(OC)cc(-c2n[nH]c(C(=O)N(C)C)n2)c1. The number of benzene rings is 1. The van der Waals surface area contributed by atoms with Crippen molar-refractivity contribution in [2.45, 2.75) is 0 Å². The highest BCUT2D eigenvalue weighted by molar-refractivity contribution is 5.90. The summed E-state index contributed by atoms with van der Waals surface area (Å²) in [7, 11) is 6.44. The third-order valence-corrected chi connectivity index (χ3v) is 2.70. The fourth-order valence-electron chi connectivity index (χ4n) is 1.63. The van der Waals surface area contributed by atoms with Gasteiger partial charge in [-0.25, -0.2) is 4.98 Å². The van der Waals surface area contributed by atoms with Crippen molar-refractivity contribution in [3.05, 3.63) is 24.0 Å². The topological polar surface area (TPSA) is 80.3 Å². The first-order chi connectivity index (χ1) is 9.55. The summed E-state index contributed by atoms with van der Waals surface area (Å²) in [5, 5.41) is 6.67. The van der Waals surface area contributed by atoms with Crippen LogP contribution in [0, 0.1) is 0 Å². The van der Waals surface area contributed by atoms with E-state index in [1.807, 2.05) is 0 Å². The summed E-state index contributed by atoms with van der Waals surface area (Å²) in [6.07, 6.45) is 0. The van der Waals surface area contributed by atoms with E-state index in [1.165, 1.54) is 4.90 Å². The highest BCUT2D eigenvalue weighted by atomic mass is 16.5. The molecule has 0 saturated carbocycles. The summed E-state index contributed by atoms with van der Waals surface area (Å²) in [5.41, 5.74) is 0.704. The van der Waals surface area contributed by atoms with Gasteiger partial charge in [-0.15, -0.1) is 0 Å². The van der Waals surface area contributed by atoms with Crippen LogP contribution in [-0.4, -0.2) is 54.3 Å². The lowest BCUT2D eigenvalue weighted by molar-refractivity contribution is 0.0816. The second kappa shape index (κ2) is 5.60. The Morgan fingerprint density at radius 1 is 1.15 bits per heavy atom. The Kier molecular flexibility index (Phi) is 3.88. The number of carbonyl (C=O) groups excluding carboxylic acids is 1. The fraction of sp³-hybridized carbons (Fsp3) is 0.308. The van der Waals surface area contributed by atoms with E-state index in [0.717, 1.165) is 0 Å². The molecule has 1 aromatic heterocycles. The van der Waals surface area contributed by atoms with Crippen molar-refractivity contribution >= 4 is 5.91 Å². The Morgan fingerprint density at radius 3 is 2.25 bits per heavy atom.